The fourth-order valence-electron chi connectivity index (χ4n) is 2.43. The first-order chi connectivity index (χ1) is 10.5. The molecule has 2 rings (SSSR count). The maximum Gasteiger partial charge on any atom is 0.227 e. The molecule has 2 nitrogen and oxygen atoms in total. The van der Waals surface area contributed by atoms with E-state index in [1.165, 1.54) is 11.0 Å². The van der Waals surface area contributed by atoms with Crippen molar-refractivity contribution < 1.29 is 13.6 Å². The first-order valence-electron chi connectivity index (χ1n) is 7.33. The Morgan fingerprint density at radius 1 is 1.09 bits per heavy atom. The van der Waals surface area contributed by atoms with Gasteiger partial charge in [-0.2, -0.15) is 0 Å². The molecule has 2 aromatic carbocycles. The third-order valence-electron chi connectivity index (χ3n) is 3.68. The zero-order valence-electron chi connectivity index (χ0n) is 12.7. The number of hydrogen-bond donors (Lipinski definition) is 0. The molecule has 0 spiro atoms. The van der Waals surface area contributed by atoms with Gasteiger partial charge in [-0.1, -0.05) is 37.3 Å². The van der Waals surface area contributed by atoms with Gasteiger partial charge in [0.05, 0.1) is 0 Å². The molecule has 0 aliphatic heterocycles. The van der Waals surface area contributed by atoms with Crippen LogP contribution in [0.2, 0.25) is 0 Å². The summed E-state index contributed by atoms with van der Waals surface area (Å²) >= 11 is 0. The van der Waals surface area contributed by atoms with Gasteiger partial charge in [-0.25, -0.2) is 8.78 Å². The van der Waals surface area contributed by atoms with Gasteiger partial charge in [0.2, 0.25) is 5.91 Å². The maximum atomic E-state index is 13.4. The van der Waals surface area contributed by atoms with E-state index in [2.05, 4.69) is 0 Å². The second kappa shape index (κ2) is 7.16. The van der Waals surface area contributed by atoms with Gasteiger partial charge in [-0.05, 0) is 30.5 Å². The monoisotopic (exact) mass is 303 g/mol. The lowest BCUT2D eigenvalue weighted by molar-refractivity contribution is -0.118. The summed E-state index contributed by atoms with van der Waals surface area (Å²) in [4.78, 5) is 13.9. The molecular weight excluding hydrogens is 284 g/mol. The van der Waals surface area contributed by atoms with Gasteiger partial charge >= 0.3 is 0 Å². The van der Waals surface area contributed by atoms with E-state index in [1.54, 1.807) is 0 Å². The minimum atomic E-state index is -0.945. The molecule has 22 heavy (non-hydrogen) atoms. The molecule has 0 fully saturated rings. The maximum absolute atomic E-state index is 13.4. The van der Waals surface area contributed by atoms with Gasteiger partial charge in [0.15, 0.2) is 11.6 Å². The van der Waals surface area contributed by atoms with Crippen LogP contribution < -0.4 is 4.90 Å². The van der Waals surface area contributed by atoms with Crippen molar-refractivity contribution >= 4 is 11.6 Å². The normalized spacial score (nSPS) is 12.0. The number of halogens is 2. The molecule has 0 N–H and O–H groups in total. The summed E-state index contributed by atoms with van der Waals surface area (Å²) in [7, 11) is 0. The summed E-state index contributed by atoms with van der Waals surface area (Å²) in [6.07, 6.45) is 0.316. The van der Waals surface area contributed by atoms with Crippen LogP contribution in [0.1, 0.15) is 31.7 Å². The average Bonchev–Trinajstić information content (AvgIpc) is 2.52. The summed E-state index contributed by atoms with van der Waals surface area (Å²) in [6, 6.07) is 13.3. The lowest BCUT2D eigenvalue weighted by Crippen LogP contribution is -2.31. The highest BCUT2D eigenvalue weighted by molar-refractivity contribution is 5.93. The molecule has 4 heteroatoms. The molecule has 1 amide bonds. The van der Waals surface area contributed by atoms with Crippen molar-refractivity contribution in [3.63, 3.8) is 0 Å². The number of nitrogens with zero attached hydrogens (tertiary/aromatic N) is 1. The van der Waals surface area contributed by atoms with E-state index in [1.807, 2.05) is 44.2 Å². The summed E-state index contributed by atoms with van der Waals surface area (Å²) in [6.45, 7) is 4.20. The van der Waals surface area contributed by atoms with Crippen LogP contribution in [-0.4, -0.2) is 12.5 Å². The van der Waals surface area contributed by atoms with E-state index >= 15 is 0 Å². The Kier molecular flexibility index (Phi) is 5.26. The van der Waals surface area contributed by atoms with E-state index in [4.69, 9.17) is 0 Å². The Morgan fingerprint density at radius 3 is 2.36 bits per heavy atom. The largest absolute Gasteiger partial charge is 0.313 e. The highest BCUT2D eigenvalue weighted by Gasteiger charge is 2.19. The Morgan fingerprint density at radius 2 is 1.77 bits per heavy atom. The number of amides is 1. The van der Waals surface area contributed by atoms with E-state index in [9.17, 15) is 13.6 Å². The number of benzene rings is 2. The molecule has 0 radical (unpaired) electrons. The first kappa shape index (κ1) is 16.1. The Balaban J connectivity index is 2.13. The number of rotatable bonds is 5. The third kappa shape index (κ3) is 3.70. The van der Waals surface area contributed by atoms with Crippen molar-refractivity contribution in [1.29, 1.82) is 0 Å². The summed E-state index contributed by atoms with van der Waals surface area (Å²) < 4.78 is 26.4. The van der Waals surface area contributed by atoms with E-state index in [-0.39, 0.29) is 11.8 Å². The quantitative estimate of drug-likeness (QED) is 0.795. The molecule has 0 heterocycles. The van der Waals surface area contributed by atoms with Crippen molar-refractivity contribution in [3.05, 3.63) is 65.7 Å². The second-order valence-electron chi connectivity index (χ2n) is 5.25. The topological polar surface area (TPSA) is 20.3 Å². The highest BCUT2D eigenvalue weighted by Crippen LogP contribution is 2.23. The van der Waals surface area contributed by atoms with E-state index in [0.29, 0.717) is 18.7 Å². The van der Waals surface area contributed by atoms with Crippen LogP contribution in [0.5, 0.6) is 0 Å². The minimum Gasteiger partial charge on any atom is -0.313 e. The number of carbonyl (C=O) groups is 1. The van der Waals surface area contributed by atoms with Gasteiger partial charge in [0.25, 0.3) is 0 Å². The summed E-state index contributed by atoms with van der Waals surface area (Å²) in [5.74, 6) is -1.90. The van der Waals surface area contributed by atoms with Crippen molar-refractivity contribution in [3.8, 4) is 0 Å². The fraction of sp³-hybridized carbons (Fsp3) is 0.278. The Hall–Kier alpha value is -2.23. The van der Waals surface area contributed by atoms with Crippen molar-refractivity contribution in [2.24, 2.45) is 0 Å². The third-order valence-corrected chi connectivity index (χ3v) is 3.68. The smallest absolute Gasteiger partial charge is 0.227 e. The van der Waals surface area contributed by atoms with Crippen LogP contribution in [0.25, 0.3) is 0 Å². The van der Waals surface area contributed by atoms with Gasteiger partial charge in [0, 0.05) is 24.7 Å². The molecule has 0 aliphatic carbocycles. The average molecular weight is 303 g/mol. The fourth-order valence-corrected chi connectivity index (χ4v) is 2.43. The van der Waals surface area contributed by atoms with Crippen LogP contribution in [0.3, 0.4) is 0 Å². The predicted octanol–water partition coefficient (Wildman–Crippen LogP) is 4.51. The molecule has 0 saturated carbocycles. The lowest BCUT2D eigenvalue weighted by Gasteiger charge is -2.23. The molecule has 1 unspecified atom stereocenters. The number of carbonyl (C=O) groups excluding carboxylic acids is 1. The molecule has 116 valence electrons. The molecule has 1 atom stereocenters. The van der Waals surface area contributed by atoms with Crippen LogP contribution in [0, 0.1) is 11.6 Å². The van der Waals surface area contributed by atoms with Crippen molar-refractivity contribution in [1.82, 2.24) is 0 Å². The minimum absolute atomic E-state index is 0.0630. The molecule has 0 saturated heterocycles. The number of hydrogen-bond acceptors (Lipinski definition) is 1. The summed E-state index contributed by atoms with van der Waals surface area (Å²) in [5.41, 5.74) is 1.46. The molecule has 0 aliphatic rings. The zero-order chi connectivity index (χ0) is 16.1. The predicted molar refractivity (Wildman–Crippen MR) is 83.9 cm³/mol. The number of anilines is 1. The second-order valence-corrected chi connectivity index (χ2v) is 5.25. The van der Waals surface area contributed by atoms with E-state index < -0.39 is 11.6 Å². The van der Waals surface area contributed by atoms with Crippen LogP contribution in [0.15, 0.2) is 48.5 Å². The molecule has 0 bridgehead atoms. The van der Waals surface area contributed by atoms with Gasteiger partial charge in [0.1, 0.15) is 0 Å². The highest BCUT2D eigenvalue weighted by atomic mass is 19.2. The van der Waals surface area contributed by atoms with Crippen LogP contribution >= 0.6 is 0 Å². The molecule has 0 aromatic heterocycles. The van der Waals surface area contributed by atoms with Crippen molar-refractivity contribution in [2.75, 3.05) is 11.4 Å². The SMILES string of the molecule is CCN(C(=O)CC(C)c1ccccc1)c1ccc(F)c(F)c1. The van der Waals surface area contributed by atoms with Gasteiger partial charge in [-0.3, -0.25) is 4.79 Å². The van der Waals surface area contributed by atoms with Crippen LogP contribution in [0.4, 0.5) is 14.5 Å². The standard InChI is InChI=1S/C18H19F2NO/c1-3-21(15-9-10-16(19)17(20)12-15)18(22)11-13(2)14-7-5-4-6-8-14/h4-10,12-13H,3,11H2,1-2H3. The van der Waals surface area contributed by atoms with Gasteiger partial charge in [-0.15, -0.1) is 0 Å². The molecule has 2 aromatic rings. The van der Waals surface area contributed by atoms with Crippen LogP contribution in [-0.2, 0) is 4.79 Å². The van der Waals surface area contributed by atoms with Crippen molar-refractivity contribution in [2.45, 2.75) is 26.2 Å². The zero-order valence-corrected chi connectivity index (χ0v) is 12.7. The Bertz CT molecular complexity index is 643. The first-order valence-corrected chi connectivity index (χ1v) is 7.33. The van der Waals surface area contributed by atoms with Gasteiger partial charge < -0.3 is 4.90 Å². The summed E-state index contributed by atoms with van der Waals surface area (Å²) in [5, 5.41) is 0. The molecular formula is C18H19F2NO. The lowest BCUT2D eigenvalue weighted by atomic mass is 9.97. The van der Waals surface area contributed by atoms with E-state index in [0.717, 1.165) is 17.7 Å². The Labute approximate surface area is 129 Å².